The van der Waals surface area contributed by atoms with Crippen LogP contribution in [0.15, 0.2) is 47.2 Å². The maximum atomic E-state index is 13.5. The van der Waals surface area contributed by atoms with Gasteiger partial charge in [-0.15, -0.1) is 11.3 Å². The van der Waals surface area contributed by atoms with Gasteiger partial charge in [0.1, 0.15) is 6.10 Å². The highest BCUT2D eigenvalue weighted by Crippen LogP contribution is 2.49. The van der Waals surface area contributed by atoms with Crippen LogP contribution in [0.5, 0.6) is 0 Å². The molecule has 5 rings (SSSR count). The lowest BCUT2D eigenvalue weighted by atomic mass is 9.74. The zero-order valence-electron chi connectivity index (χ0n) is 15.3. The van der Waals surface area contributed by atoms with Gasteiger partial charge in [-0.1, -0.05) is 30.7 Å². The summed E-state index contributed by atoms with van der Waals surface area (Å²) in [5.41, 5.74) is 1.30. The van der Waals surface area contributed by atoms with Gasteiger partial charge in [0.25, 0.3) is 5.91 Å². The van der Waals surface area contributed by atoms with E-state index >= 15 is 0 Å². The van der Waals surface area contributed by atoms with Crippen LogP contribution in [-0.4, -0.2) is 22.8 Å². The van der Waals surface area contributed by atoms with Gasteiger partial charge in [0, 0.05) is 16.6 Å². The van der Waals surface area contributed by atoms with E-state index in [-0.39, 0.29) is 29.5 Å². The first-order chi connectivity index (χ1) is 13.5. The molecule has 1 aromatic carbocycles. The van der Waals surface area contributed by atoms with Crippen LogP contribution in [0.4, 0.5) is 5.13 Å². The summed E-state index contributed by atoms with van der Waals surface area (Å²) in [4.78, 5) is 32.8. The number of nitrogens with zero attached hydrogens (tertiary/aromatic N) is 2. The van der Waals surface area contributed by atoms with Crippen molar-refractivity contribution < 1.29 is 14.3 Å². The van der Waals surface area contributed by atoms with E-state index < -0.39 is 6.04 Å². The lowest BCUT2D eigenvalue weighted by Crippen LogP contribution is -2.41. The lowest BCUT2D eigenvalue weighted by molar-refractivity contribution is -0.132. The molecule has 1 aliphatic carbocycles. The zero-order chi connectivity index (χ0) is 19.4. The molecule has 7 heteroatoms. The van der Waals surface area contributed by atoms with Crippen LogP contribution < -0.4 is 4.90 Å². The van der Waals surface area contributed by atoms with E-state index in [1.165, 1.54) is 11.3 Å². The highest BCUT2D eigenvalue weighted by Gasteiger charge is 2.53. The van der Waals surface area contributed by atoms with Crippen molar-refractivity contribution in [1.82, 2.24) is 4.98 Å². The topological polar surface area (TPSA) is 59.5 Å². The van der Waals surface area contributed by atoms with Gasteiger partial charge in [-0.2, -0.15) is 0 Å². The molecule has 0 radical (unpaired) electrons. The van der Waals surface area contributed by atoms with Crippen LogP contribution in [0, 0.1) is 11.8 Å². The third-order valence-corrected chi connectivity index (χ3v) is 6.94. The number of ether oxygens (including phenoxy) is 1. The number of carbonyl (C=O) groups is 2. The predicted octanol–water partition coefficient (Wildman–Crippen LogP) is 4.54. The van der Waals surface area contributed by atoms with E-state index in [4.69, 9.17) is 16.3 Å². The second kappa shape index (κ2) is 6.71. The van der Waals surface area contributed by atoms with Gasteiger partial charge >= 0.3 is 0 Å². The van der Waals surface area contributed by atoms with E-state index in [0.717, 1.165) is 24.8 Å². The number of amides is 1. The van der Waals surface area contributed by atoms with Crippen LogP contribution in [0.3, 0.4) is 0 Å². The highest BCUT2D eigenvalue weighted by molar-refractivity contribution is 7.13. The van der Waals surface area contributed by atoms with E-state index in [2.05, 4.69) is 11.9 Å². The van der Waals surface area contributed by atoms with Crippen molar-refractivity contribution in [2.75, 3.05) is 4.90 Å². The zero-order valence-corrected chi connectivity index (χ0v) is 16.9. The van der Waals surface area contributed by atoms with Gasteiger partial charge in [-0.3, -0.25) is 14.5 Å². The van der Waals surface area contributed by atoms with Crippen LogP contribution in [0.25, 0.3) is 0 Å². The Hall–Kier alpha value is -2.18. The summed E-state index contributed by atoms with van der Waals surface area (Å²) >= 11 is 7.43. The number of hydrogen-bond acceptors (Lipinski definition) is 5. The smallest absolute Gasteiger partial charge is 0.296 e. The Kier molecular flexibility index (Phi) is 4.29. The molecular weight excluding hydrogens is 396 g/mol. The molecule has 2 aromatic rings. The number of hydrogen-bond donors (Lipinski definition) is 0. The van der Waals surface area contributed by atoms with Gasteiger partial charge < -0.3 is 4.74 Å². The minimum atomic E-state index is -0.531. The Morgan fingerprint density at radius 2 is 2.00 bits per heavy atom. The Bertz CT molecular complexity index is 970. The molecule has 3 heterocycles. The number of Topliss-reactive ketones (excluding diaryl/α,β-unsaturated/α-hetero) is 1. The molecule has 1 aromatic heterocycles. The van der Waals surface area contributed by atoms with Crippen LogP contribution in [0.2, 0.25) is 5.02 Å². The fourth-order valence-corrected chi connectivity index (χ4v) is 5.36. The summed E-state index contributed by atoms with van der Waals surface area (Å²) in [6.45, 7) is 2.17. The van der Waals surface area contributed by atoms with E-state index in [1.807, 2.05) is 17.5 Å². The fourth-order valence-electron chi connectivity index (χ4n) is 4.57. The number of rotatable bonds is 2. The van der Waals surface area contributed by atoms with Gasteiger partial charge in [0.05, 0.1) is 17.5 Å². The minimum absolute atomic E-state index is 0.0464. The second-order valence-electron chi connectivity index (χ2n) is 7.73. The molecular formula is C21H19ClN2O3S. The molecule has 0 saturated heterocycles. The molecule has 1 fully saturated rings. The van der Waals surface area contributed by atoms with Gasteiger partial charge in [-0.05, 0) is 42.9 Å². The quantitative estimate of drug-likeness (QED) is 0.723. The number of carbonyl (C=O) groups excluding carboxylic acids is 2. The fraction of sp³-hybridized carbons (Fsp3) is 0.381. The largest absolute Gasteiger partial charge is 0.483 e. The number of benzene rings is 1. The Balaban J connectivity index is 1.64. The average molecular weight is 415 g/mol. The van der Waals surface area contributed by atoms with Crippen LogP contribution >= 0.6 is 22.9 Å². The third-order valence-electron chi connectivity index (χ3n) is 5.92. The van der Waals surface area contributed by atoms with Crippen molar-refractivity contribution in [1.29, 1.82) is 0 Å². The number of halogens is 1. The van der Waals surface area contributed by atoms with Gasteiger partial charge in [-0.25, -0.2) is 4.98 Å². The maximum Gasteiger partial charge on any atom is 0.296 e. The molecule has 5 nitrogen and oxygen atoms in total. The van der Waals surface area contributed by atoms with Crippen molar-refractivity contribution >= 4 is 39.8 Å². The van der Waals surface area contributed by atoms with Gasteiger partial charge in [0.15, 0.2) is 16.7 Å². The molecule has 4 atom stereocenters. The number of thiazole rings is 1. The summed E-state index contributed by atoms with van der Waals surface area (Å²) in [7, 11) is 0. The van der Waals surface area contributed by atoms with Crippen molar-refractivity contribution in [2.45, 2.75) is 38.3 Å². The summed E-state index contributed by atoms with van der Waals surface area (Å²) in [5.74, 6) is 0.273. The molecule has 144 valence electrons. The molecule has 0 N–H and O–H groups in total. The number of aromatic nitrogens is 1. The summed E-state index contributed by atoms with van der Waals surface area (Å²) in [5, 5.41) is 2.99. The second-order valence-corrected chi connectivity index (χ2v) is 9.04. The molecule has 0 spiro atoms. The van der Waals surface area contributed by atoms with Crippen LogP contribution in [0.1, 0.15) is 37.8 Å². The summed E-state index contributed by atoms with van der Waals surface area (Å²) in [6.07, 6.45) is 4.09. The maximum absolute atomic E-state index is 13.5. The van der Waals surface area contributed by atoms with E-state index in [9.17, 15) is 9.59 Å². The molecule has 1 saturated carbocycles. The van der Waals surface area contributed by atoms with Crippen molar-refractivity contribution in [3.8, 4) is 0 Å². The van der Waals surface area contributed by atoms with Crippen molar-refractivity contribution in [3.63, 3.8) is 0 Å². The number of fused-ring (bicyclic) bond motifs is 1. The predicted molar refractivity (Wildman–Crippen MR) is 107 cm³/mol. The molecule has 1 amide bonds. The lowest BCUT2D eigenvalue weighted by Gasteiger charge is -2.37. The number of ketones is 1. The summed E-state index contributed by atoms with van der Waals surface area (Å²) in [6, 6.07) is 6.75. The van der Waals surface area contributed by atoms with E-state index in [1.54, 1.807) is 23.2 Å². The SMILES string of the molecule is CC1CCC2OC3=C(C(=O)C2C1)C(c1ccc(Cl)cc1)N(c1nccs1)C3=O. The standard InChI is InChI=1S/C21H19ClN2O3S/c1-11-2-7-15-14(10-11)18(25)16-17(12-3-5-13(22)6-4-12)24(20(26)19(16)27-15)21-23-8-9-28-21/h3-6,8-9,11,14-15,17H,2,7,10H2,1H3. The molecule has 4 unspecified atom stereocenters. The molecule has 28 heavy (non-hydrogen) atoms. The summed E-state index contributed by atoms with van der Waals surface area (Å²) < 4.78 is 6.17. The van der Waals surface area contributed by atoms with E-state index in [0.29, 0.717) is 21.6 Å². The van der Waals surface area contributed by atoms with Crippen LogP contribution in [-0.2, 0) is 14.3 Å². The molecule has 0 bridgehead atoms. The highest BCUT2D eigenvalue weighted by atomic mass is 35.5. The van der Waals surface area contributed by atoms with Crippen molar-refractivity contribution in [3.05, 3.63) is 57.8 Å². The third kappa shape index (κ3) is 2.70. The molecule has 2 aliphatic heterocycles. The Morgan fingerprint density at radius 1 is 1.21 bits per heavy atom. The normalized spacial score (nSPS) is 29.6. The Morgan fingerprint density at radius 3 is 2.71 bits per heavy atom. The van der Waals surface area contributed by atoms with Crippen molar-refractivity contribution in [2.24, 2.45) is 11.8 Å². The molecule has 3 aliphatic rings. The monoisotopic (exact) mass is 414 g/mol. The Labute approximate surface area is 172 Å². The number of anilines is 1. The first kappa shape index (κ1) is 17.9. The average Bonchev–Trinajstić information content (AvgIpc) is 3.30. The van der Waals surface area contributed by atoms with Gasteiger partial charge in [0.2, 0.25) is 0 Å². The first-order valence-corrected chi connectivity index (χ1v) is 10.7. The minimum Gasteiger partial charge on any atom is -0.483 e. The first-order valence-electron chi connectivity index (χ1n) is 9.48.